The number of hydrogen-bond donors (Lipinski definition) is 2. The van der Waals surface area contributed by atoms with E-state index in [1.165, 1.54) is 11.6 Å². The fraction of sp³-hybridized carbons (Fsp3) is 0.364. The van der Waals surface area contributed by atoms with Crippen LogP contribution in [0.5, 0.6) is 0 Å². The highest BCUT2D eigenvalue weighted by Crippen LogP contribution is 2.19. The first kappa shape index (κ1) is 11.4. The van der Waals surface area contributed by atoms with Crippen molar-refractivity contribution in [3.05, 3.63) is 32.7 Å². The Balaban J connectivity index is 2.92. The van der Waals surface area contributed by atoms with E-state index in [1.807, 2.05) is 0 Å². The molecule has 0 saturated heterocycles. The minimum absolute atomic E-state index is 0.130. The zero-order valence-corrected chi connectivity index (χ0v) is 9.66. The number of hydrogen-bond acceptors (Lipinski definition) is 3. The fourth-order valence-electron chi connectivity index (χ4n) is 2.26. The first-order valence-corrected chi connectivity index (χ1v) is 5.25. The van der Waals surface area contributed by atoms with Crippen LogP contribution in [-0.2, 0) is 13.5 Å². The molecule has 17 heavy (non-hydrogen) atoms. The molecule has 2 heterocycles. The molecule has 0 aromatic carbocycles. The van der Waals surface area contributed by atoms with Crippen molar-refractivity contribution in [2.45, 2.75) is 13.3 Å². The lowest BCUT2D eigenvalue weighted by molar-refractivity contribution is 0.0944. The monoisotopic (exact) mass is 235 g/mol. The van der Waals surface area contributed by atoms with Gasteiger partial charge >= 0.3 is 0 Å². The molecule has 3 N–H and O–H groups in total. The number of pyridine rings is 1. The van der Waals surface area contributed by atoms with Crippen LogP contribution in [0.1, 0.15) is 32.0 Å². The van der Waals surface area contributed by atoms with E-state index in [0.717, 1.165) is 0 Å². The normalized spacial score (nSPS) is 14.1. The summed E-state index contributed by atoms with van der Waals surface area (Å²) in [4.78, 5) is 35.0. The first-order chi connectivity index (χ1) is 7.95. The molecule has 0 unspecified atom stereocenters. The molecule has 0 saturated carbocycles. The Bertz CT molecular complexity index is 560. The number of rotatable bonds is 1. The molecule has 0 spiro atoms. The quantitative estimate of drug-likeness (QED) is 0.659. The first-order valence-electron chi connectivity index (χ1n) is 5.25. The van der Waals surface area contributed by atoms with Gasteiger partial charge in [0.25, 0.3) is 17.4 Å². The van der Waals surface area contributed by atoms with Crippen molar-refractivity contribution in [2.75, 3.05) is 6.54 Å². The van der Waals surface area contributed by atoms with Gasteiger partial charge in [-0.2, -0.15) is 0 Å². The predicted molar refractivity (Wildman–Crippen MR) is 61.0 cm³/mol. The second-order valence-electron chi connectivity index (χ2n) is 4.06. The van der Waals surface area contributed by atoms with Crippen LogP contribution < -0.4 is 16.6 Å². The number of nitrogens with one attached hydrogen (secondary N) is 1. The van der Waals surface area contributed by atoms with Crippen molar-refractivity contribution in [2.24, 2.45) is 12.8 Å². The van der Waals surface area contributed by atoms with Crippen molar-refractivity contribution >= 4 is 11.8 Å². The molecule has 0 aliphatic carbocycles. The minimum Gasteiger partial charge on any atom is -0.364 e. The third kappa shape index (κ3) is 1.52. The van der Waals surface area contributed by atoms with Gasteiger partial charge in [-0.25, -0.2) is 0 Å². The van der Waals surface area contributed by atoms with Gasteiger partial charge in [0.2, 0.25) is 0 Å². The van der Waals surface area contributed by atoms with Crippen LogP contribution in [0.15, 0.2) is 4.79 Å². The van der Waals surface area contributed by atoms with E-state index in [1.54, 1.807) is 6.92 Å². The van der Waals surface area contributed by atoms with Gasteiger partial charge in [0.1, 0.15) is 5.69 Å². The number of fused-ring (bicyclic) bond motifs is 1. The molecule has 6 nitrogen and oxygen atoms in total. The predicted octanol–water partition coefficient (Wildman–Crippen LogP) is -0.921. The van der Waals surface area contributed by atoms with Crippen LogP contribution in [0.2, 0.25) is 0 Å². The van der Waals surface area contributed by atoms with Crippen LogP contribution in [0.3, 0.4) is 0 Å². The van der Waals surface area contributed by atoms with Crippen LogP contribution in [0, 0.1) is 6.92 Å². The highest BCUT2D eigenvalue weighted by molar-refractivity contribution is 6.02. The Hall–Kier alpha value is -2.11. The fourth-order valence-corrected chi connectivity index (χ4v) is 2.26. The number of nitrogens with two attached hydrogens (primary N) is 1. The number of nitrogens with zero attached hydrogens (tertiary/aromatic N) is 1. The van der Waals surface area contributed by atoms with Crippen molar-refractivity contribution < 1.29 is 9.59 Å². The second-order valence-corrected chi connectivity index (χ2v) is 4.06. The van der Waals surface area contributed by atoms with Crippen molar-refractivity contribution in [3.63, 3.8) is 0 Å². The van der Waals surface area contributed by atoms with Gasteiger partial charge in [0.05, 0.1) is 5.56 Å². The number of carbonyl (C=O) groups is 2. The van der Waals surface area contributed by atoms with Crippen molar-refractivity contribution in [3.8, 4) is 0 Å². The zero-order valence-electron chi connectivity index (χ0n) is 9.66. The Morgan fingerprint density at radius 3 is 2.65 bits per heavy atom. The van der Waals surface area contributed by atoms with Gasteiger partial charge in [0.15, 0.2) is 0 Å². The average molecular weight is 235 g/mol. The number of amides is 2. The number of aromatic nitrogens is 1. The summed E-state index contributed by atoms with van der Waals surface area (Å²) in [6.07, 6.45) is 0.508. The highest BCUT2D eigenvalue weighted by atomic mass is 16.2. The smallest absolute Gasteiger partial charge is 0.265 e. The Morgan fingerprint density at radius 1 is 1.41 bits per heavy atom. The molecule has 90 valence electrons. The van der Waals surface area contributed by atoms with E-state index in [9.17, 15) is 14.4 Å². The molecule has 0 radical (unpaired) electrons. The second kappa shape index (κ2) is 3.73. The van der Waals surface area contributed by atoms with E-state index >= 15 is 0 Å². The summed E-state index contributed by atoms with van der Waals surface area (Å²) in [7, 11) is 1.49. The topological polar surface area (TPSA) is 94.2 Å². The van der Waals surface area contributed by atoms with E-state index in [0.29, 0.717) is 29.7 Å². The van der Waals surface area contributed by atoms with E-state index in [2.05, 4.69) is 5.32 Å². The molecule has 1 aromatic rings. The summed E-state index contributed by atoms with van der Waals surface area (Å²) >= 11 is 0. The van der Waals surface area contributed by atoms with Gasteiger partial charge in [-0.1, -0.05) is 0 Å². The van der Waals surface area contributed by atoms with Crippen LogP contribution >= 0.6 is 0 Å². The zero-order chi connectivity index (χ0) is 12.7. The van der Waals surface area contributed by atoms with Crippen LogP contribution in [0.25, 0.3) is 0 Å². The maximum Gasteiger partial charge on any atom is 0.265 e. The van der Waals surface area contributed by atoms with Gasteiger partial charge in [-0.05, 0) is 18.9 Å². The van der Waals surface area contributed by atoms with E-state index in [4.69, 9.17) is 5.73 Å². The maximum atomic E-state index is 11.9. The lowest BCUT2D eigenvalue weighted by atomic mass is 9.94. The summed E-state index contributed by atoms with van der Waals surface area (Å²) in [5.41, 5.74) is 6.26. The summed E-state index contributed by atoms with van der Waals surface area (Å²) in [5, 5.41) is 2.65. The number of primary amides is 1. The molecule has 1 aromatic heterocycles. The molecule has 0 atom stereocenters. The molecule has 0 bridgehead atoms. The van der Waals surface area contributed by atoms with Gasteiger partial charge < -0.3 is 15.6 Å². The van der Waals surface area contributed by atoms with Gasteiger partial charge in [-0.15, -0.1) is 0 Å². The third-order valence-electron chi connectivity index (χ3n) is 3.04. The van der Waals surface area contributed by atoms with Crippen molar-refractivity contribution in [1.82, 2.24) is 9.88 Å². The molecular formula is C11H13N3O3. The van der Waals surface area contributed by atoms with Crippen molar-refractivity contribution in [1.29, 1.82) is 0 Å². The average Bonchev–Trinajstić information content (AvgIpc) is 2.25. The van der Waals surface area contributed by atoms with E-state index < -0.39 is 5.91 Å². The standard InChI is InChI=1S/C11H13N3O3/c1-5-7-6(3-4-13-10(7)16)8(9(12)15)14(2)11(5)17/h3-4H2,1-2H3,(H2,12,15)(H,13,16). The summed E-state index contributed by atoms with van der Waals surface area (Å²) in [6.45, 7) is 2.03. The Labute approximate surface area is 97.4 Å². The minimum atomic E-state index is -0.685. The third-order valence-corrected chi connectivity index (χ3v) is 3.04. The summed E-state index contributed by atoms with van der Waals surface area (Å²) in [6, 6.07) is 0. The molecule has 1 aliphatic rings. The molecule has 2 amide bonds. The Morgan fingerprint density at radius 2 is 2.06 bits per heavy atom. The van der Waals surface area contributed by atoms with Gasteiger partial charge in [0, 0.05) is 19.2 Å². The number of carbonyl (C=O) groups excluding carboxylic acids is 2. The highest BCUT2D eigenvalue weighted by Gasteiger charge is 2.27. The molecule has 2 rings (SSSR count). The SMILES string of the molecule is Cc1c2c(c(C(N)=O)n(C)c1=O)CCNC2=O. The lowest BCUT2D eigenvalue weighted by Crippen LogP contribution is -2.40. The van der Waals surface area contributed by atoms with Gasteiger partial charge in [-0.3, -0.25) is 14.4 Å². The molecular weight excluding hydrogens is 222 g/mol. The molecule has 6 heteroatoms. The lowest BCUT2D eigenvalue weighted by Gasteiger charge is -2.22. The summed E-state index contributed by atoms with van der Waals surface area (Å²) < 4.78 is 1.22. The van der Waals surface area contributed by atoms with Crippen LogP contribution in [0.4, 0.5) is 0 Å². The molecule has 1 aliphatic heterocycles. The largest absolute Gasteiger partial charge is 0.364 e. The maximum absolute atomic E-state index is 11.9. The molecule has 0 fully saturated rings. The van der Waals surface area contributed by atoms with Crippen LogP contribution in [-0.4, -0.2) is 22.9 Å². The summed E-state index contributed by atoms with van der Waals surface area (Å²) in [5.74, 6) is -1.00. The van der Waals surface area contributed by atoms with E-state index in [-0.39, 0.29) is 17.2 Å². The Kier molecular flexibility index (Phi) is 2.49.